The van der Waals surface area contributed by atoms with Crippen LogP contribution in [-0.4, -0.2) is 75.7 Å². The number of methoxy groups -OCH3 is 1. The Kier molecular flexibility index (Phi) is 8.44. The van der Waals surface area contributed by atoms with Crippen molar-refractivity contribution < 1.29 is 22.6 Å². The number of fused-ring (bicyclic) bond motifs is 2. The van der Waals surface area contributed by atoms with E-state index in [0.717, 1.165) is 53.4 Å². The maximum absolute atomic E-state index is 12.4. The fourth-order valence-corrected chi connectivity index (χ4v) is 5.88. The molecule has 2 aliphatic heterocycles. The molecule has 2 N–H and O–H groups in total. The number of nitrogens with zero attached hydrogens (tertiary/aromatic N) is 4. The van der Waals surface area contributed by atoms with Gasteiger partial charge in [-0.1, -0.05) is 12.1 Å². The van der Waals surface area contributed by atoms with E-state index in [1.54, 1.807) is 19.2 Å². The molecule has 0 spiro atoms. The van der Waals surface area contributed by atoms with E-state index in [-0.39, 0.29) is 18.1 Å². The molecule has 208 valence electrons. The molecular weight excluding hydrogens is 520 g/mol. The highest BCUT2D eigenvalue weighted by Gasteiger charge is 2.24. The normalized spacial score (nSPS) is 14.7. The van der Waals surface area contributed by atoms with Gasteiger partial charge in [-0.2, -0.15) is 0 Å². The molecule has 4 heterocycles. The molecule has 39 heavy (non-hydrogen) atoms. The van der Waals surface area contributed by atoms with Crippen LogP contribution in [0, 0.1) is 6.92 Å². The lowest BCUT2D eigenvalue weighted by Gasteiger charge is -2.32. The van der Waals surface area contributed by atoms with Gasteiger partial charge in [-0.05, 0) is 36.6 Å². The molecule has 1 aromatic carbocycles. The van der Waals surface area contributed by atoms with Crippen LogP contribution in [0.5, 0.6) is 5.88 Å². The van der Waals surface area contributed by atoms with Crippen LogP contribution in [0.2, 0.25) is 0 Å². The first-order valence-electron chi connectivity index (χ1n) is 13.0. The van der Waals surface area contributed by atoms with Crippen LogP contribution in [-0.2, 0) is 38.0 Å². The molecule has 11 nitrogen and oxygen atoms in total. The number of sulfone groups is 1. The van der Waals surface area contributed by atoms with Crippen molar-refractivity contribution in [3.05, 3.63) is 59.0 Å². The van der Waals surface area contributed by atoms with E-state index in [0.29, 0.717) is 43.8 Å². The fourth-order valence-electron chi connectivity index (χ4n) is 4.67. The number of ether oxygens (including phenoxy) is 3. The second kappa shape index (κ2) is 12.1. The van der Waals surface area contributed by atoms with Crippen LogP contribution < -0.4 is 20.3 Å². The number of hydrogen-bond acceptors (Lipinski definition) is 11. The molecule has 0 aliphatic carbocycles. The molecule has 0 saturated carbocycles. The molecule has 0 amide bonds. The molecule has 0 radical (unpaired) electrons. The van der Waals surface area contributed by atoms with Gasteiger partial charge < -0.3 is 29.7 Å². The average molecular weight is 555 g/mol. The van der Waals surface area contributed by atoms with Crippen molar-refractivity contribution in [3.8, 4) is 5.88 Å². The Morgan fingerprint density at radius 3 is 2.79 bits per heavy atom. The molecule has 3 aromatic rings. The van der Waals surface area contributed by atoms with Gasteiger partial charge in [-0.15, -0.1) is 0 Å². The fraction of sp³-hybridized carbons (Fsp3) is 0.444. The third kappa shape index (κ3) is 6.75. The smallest absolute Gasteiger partial charge is 0.237 e. The van der Waals surface area contributed by atoms with Gasteiger partial charge in [-0.3, -0.25) is 0 Å². The van der Waals surface area contributed by atoms with Gasteiger partial charge in [0.1, 0.15) is 12.3 Å². The minimum atomic E-state index is -3.27. The van der Waals surface area contributed by atoms with Crippen LogP contribution in [0.3, 0.4) is 0 Å². The molecule has 0 saturated heterocycles. The molecular formula is C27H34N6O5S. The quantitative estimate of drug-likeness (QED) is 0.340. The minimum absolute atomic E-state index is 0.0258. The highest BCUT2D eigenvalue weighted by Crippen LogP contribution is 2.36. The van der Waals surface area contributed by atoms with Gasteiger partial charge in [0.2, 0.25) is 11.8 Å². The lowest BCUT2D eigenvalue weighted by molar-refractivity contribution is 0.0785. The highest BCUT2D eigenvalue weighted by atomic mass is 32.2. The zero-order valence-electron chi connectivity index (χ0n) is 22.3. The van der Waals surface area contributed by atoms with Crippen LogP contribution in [0.25, 0.3) is 0 Å². The van der Waals surface area contributed by atoms with Gasteiger partial charge in [0.15, 0.2) is 9.84 Å². The van der Waals surface area contributed by atoms with Crippen molar-refractivity contribution >= 4 is 32.8 Å². The first kappa shape index (κ1) is 27.1. The van der Waals surface area contributed by atoms with Crippen LogP contribution in [0.1, 0.15) is 22.4 Å². The number of rotatable bonds is 11. The third-order valence-corrected chi connectivity index (χ3v) is 8.34. The Morgan fingerprint density at radius 2 is 1.97 bits per heavy atom. The highest BCUT2D eigenvalue weighted by molar-refractivity contribution is 7.90. The molecule has 0 unspecified atom stereocenters. The summed E-state index contributed by atoms with van der Waals surface area (Å²) in [4.78, 5) is 16.1. The van der Waals surface area contributed by atoms with Crippen molar-refractivity contribution in [1.29, 1.82) is 0 Å². The van der Waals surface area contributed by atoms with E-state index in [1.165, 1.54) is 0 Å². The predicted octanol–water partition coefficient (Wildman–Crippen LogP) is 2.87. The Balaban J connectivity index is 1.21. The first-order valence-corrected chi connectivity index (χ1v) is 14.8. The third-order valence-electron chi connectivity index (χ3n) is 6.77. The minimum Gasteiger partial charge on any atom is -0.474 e. The summed E-state index contributed by atoms with van der Waals surface area (Å²) in [6.07, 6.45) is 4.60. The van der Waals surface area contributed by atoms with Crippen molar-refractivity contribution in [2.45, 2.75) is 25.6 Å². The van der Waals surface area contributed by atoms with Crippen molar-refractivity contribution in [1.82, 2.24) is 15.0 Å². The second-order valence-corrected chi connectivity index (χ2v) is 11.8. The van der Waals surface area contributed by atoms with Crippen molar-refractivity contribution in [2.75, 3.05) is 67.9 Å². The van der Waals surface area contributed by atoms with Crippen LogP contribution >= 0.6 is 0 Å². The largest absolute Gasteiger partial charge is 0.474 e. The van der Waals surface area contributed by atoms with Crippen molar-refractivity contribution in [2.24, 2.45) is 0 Å². The van der Waals surface area contributed by atoms with Gasteiger partial charge >= 0.3 is 0 Å². The lowest BCUT2D eigenvalue weighted by Crippen LogP contribution is -2.32. The summed E-state index contributed by atoms with van der Waals surface area (Å²) in [5.74, 6) is 1.09. The standard InChI is InChI=1S/C27H34N6O5S/c1-19-24(16-29-26-25(19)28-8-10-38-26)33-9-7-21-15-30-27(32-23(21)17-33)31-22-5-3-20(4-6-22)18-39(34,35)14-13-37-12-11-36-2/h3-6,15-16,28H,7-14,17-18H2,1-2H3,(H,30,31,32). The summed E-state index contributed by atoms with van der Waals surface area (Å²) < 4.78 is 40.7. The lowest BCUT2D eigenvalue weighted by atomic mass is 10.0. The topological polar surface area (TPSA) is 128 Å². The summed E-state index contributed by atoms with van der Waals surface area (Å²) in [7, 11) is -1.69. The number of anilines is 4. The van der Waals surface area contributed by atoms with Gasteiger partial charge in [0, 0.05) is 37.6 Å². The molecule has 0 bridgehead atoms. The van der Waals surface area contributed by atoms with E-state index in [4.69, 9.17) is 19.2 Å². The van der Waals surface area contributed by atoms with E-state index >= 15 is 0 Å². The average Bonchev–Trinajstić information content (AvgIpc) is 2.94. The molecule has 12 heteroatoms. The van der Waals surface area contributed by atoms with E-state index in [2.05, 4.69) is 32.4 Å². The summed E-state index contributed by atoms with van der Waals surface area (Å²) >= 11 is 0. The summed E-state index contributed by atoms with van der Waals surface area (Å²) in [6.45, 7) is 5.97. The van der Waals surface area contributed by atoms with Gasteiger partial charge in [0.05, 0.1) is 55.4 Å². The molecule has 5 rings (SSSR count). The molecule has 0 atom stereocenters. The number of aromatic nitrogens is 3. The van der Waals surface area contributed by atoms with Gasteiger partial charge in [-0.25, -0.2) is 23.4 Å². The Bertz CT molecular complexity index is 1400. The predicted molar refractivity (Wildman–Crippen MR) is 150 cm³/mol. The molecule has 2 aromatic heterocycles. The Labute approximate surface area is 228 Å². The van der Waals surface area contributed by atoms with E-state index in [9.17, 15) is 8.42 Å². The summed E-state index contributed by atoms with van der Waals surface area (Å²) in [6, 6.07) is 7.28. The monoisotopic (exact) mass is 554 g/mol. The van der Waals surface area contributed by atoms with Crippen molar-refractivity contribution in [3.63, 3.8) is 0 Å². The maximum atomic E-state index is 12.4. The zero-order valence-corrected chi connectivity index (χ0v) is 23.1. The molecule has 0 fully saturated rings. The Morgan fingerprint density at radius 1 is 1.13 bits per heavy atom. The molecule has 2 aliphatic rings. The Hall–Kier alpha value is -3.48. The summed E-state index contributed by atoms with van der Waals surface area (Å²) in [5.41, 5.74) is 6.75. The van der Waals surface area contributed by atoms with Crippen LogP contribution in [0.4, 0.5) is 23.0 Å². The van der Waals surface area contributed by atoms with Crippen LogP contribution in [0.15, 0.2) is 36.7 Å². The van der Waals surface area contributed by atoms with E-state index < -0.39 is 9.84 Å². The maximum Gasteiger partial charge on any atom is 0.237 e. The number of hydrogen-bond donors (Lipinski definition) is 2. The SMILES string of the molecule is COCCOCCS(=O)(=O)Cc1ccc(Nc2ncc3c(n2)CN(c2cnc4c(c2C)NCCO4)CC3)cc1. The number of nitrogens with one attached hydrogen (secondary N) is 2. The zero-order chi connectivity index (χ0) is 27.2. The second-order valence-electron chi connectivity index (χ2n) is 9.58. The number of pyridine rings is 1. The van der Waals surface area contributed by atoms with E-state index in [1.807, 2.05) is 24.5 Å². The number of benzene rings is 1. The summed E-state index contributed by atoms with van der Waals surface area (Å²) in [5, 5.41) is 6.65. The first-order chi connectivity index (χ1) is 18.9. The van der Waals surface area contributed by atoms with Gasteiger partial charge in [0.25, 0.3) is 0 Å².